The number of rotatable bonds is 10. The van der Waals surface area contributed by atoms with Crippen LogP contribution in [0.2, 0.25) is 0 Å². The predicted octanol–water partition coefficient (Wildman–Crippen LogP) is 5.08. The van der Waals surface area contributed by atoms with Gasteiger partial charge in [0.15, 0.2) is 0 Å². The van der Waals surface area contributed by atoms with E-state index in [4.69, 9.17) is 10.4 Å². The minimum atomic E-state index is -0.616. The number of aromatic nitrogens is 2. The van der Waals surface area contributed by atoms with E-state index in [1.807, 2.05) is 48.7 Å². The molecule has 0 radical (unpaired) electrons. The maximum Gasteiger partial charge on any atom is 0.255 e. The Morgan fingerprint density at radius 3 is 2.46 bits per heavy atom. The van der Waals surface area contributed by atoms with Gasteiger partial charge in [0.2, 0.25) is 11.8 Å². The van der Waals surface area contributed by atoms with Gasteiger partial charge in [0.05, 0.1) is 22.9 Å². The van der Waals surface area contributed by atoms with Crippen molar-refractivity contribution in [2.24, 2.45) is 0 Å². The van der Waals surface area contributed by atoms with Crippen LogP contribution in [0.25, 0.3) is 16.6 Å². The van der Waals surface area contributed by atoms with Crippen molar-refractivity contribution in [3.63, 3.8) is 0 Å². The average molecular weight is 698 g/mol. The summed E-state index contributed by atoms with van der Waals surface area (Å²) in [7, 11) is 0. The summed E-state index contributed by atoms with van der Waals surface area (Å²) in [5.41, 5.74) is 7.87. The van der Waals surface area contributed by atoms with Gasteiger partial charge in [0.1, 0.15) is 6.04 Å². The predicted molar refractivity (Wildman–Crippen MR) is 202 cm³/mol. The number of hydrogen-bond donors (Lipinski definition) is 5. The second-order valence-electron chi connectivity index (χ2n) is 14.2. The second-order valence-corrected chi connectivity index (χ2v) is 14.2. The molecule has 2 saturated heterocycles. The van der Waals surface area contributed by atoms with E-state index in [1.54, 1.807) is 11.1 Å². The van der Waals surface area contributed by atoms with Crippen molar-refractivity contribution < 1.29 is 14.4 Å². The monoisotopic (exact) mass is 697 g/mol. The van der Waals surface area contributed by atoms with Gasteiger partial charge in [-0.05, 0) is 81.0 Å². The maximum atomic E-state index is 13.3. The highest BCUT2D eigenvalue weighted by atomic mass is 16.2. The van der Waals surface area contributed by atoms with Crippen molar-refractivity contribution in [1.82, 2.24) is 25.5 Å². The molecule has 52 heavy (non-hydrogen) atoms. The summed E-state index contributed by atoms with van der Waals surface area (Å²) < 4.78 is 0. The van der Waals surface area contributed by atoms with Gasteiger partial charge in [0.25, 0.3) is 5.91 Å². The van der Waals surface area contributed by atoms with Crippen molar-refractivity contribution >= 4 is 57.6 Å². The standard InChI is InChI=1S/C40H43N9O3/c41-20-25(36-22-43-34-8-1-2-9-35(34)46-36)21-42-29-17-18-48(23-29)30-6-3-5-28(19-30)44-26-11-13-27(14-12-26)45-33-10-4-7-31-32(33)24-49(40(31)52)37-15-16-38(50)47-39(37)51/h1-10,19-22,26-27,29,37,41-42,44-45H,11-18,23-24H2,(H,47,50,51)/b25-21+,41-20?. The molecule has 0 spiro atoms. The molecule has 5 N–H and O–H groups in total. The van der Waals surface area contributed by atoms with Gasteiger partial charge >= 0.3 is 0 Å². The highest BCUT2D eigenvalue weighted by Crippen LogP contribution is 2.34. The summed E-state index contributed by atoms with van der Waals surface area (Å²) in [5.74, 6) is -0.818. The molecule has 3 aliphatic heterocycles. The Morgan fingerprint density at radius 2 is 1.65 bits per heavy atom. The van der Waals surface area contributed by atoms with Crippen molar-refractivity contribution in [3.8, 4) is 0 Å². The van der Waals surface area contributed by atoms with Crippen LogP contribution in [-0.4, -0.2) is 76.1 Å². The van der Waals surface area contributed by atoms with Crippen LogP contribution in [0.15, 0.2) is 79.1 Å². The number of piperidine rings is 1. The molecule has 4 heterocycles. The van der Waals surface area contributed by atoms with Gasteiger partial charge in [-0.2, -0.15) is 0 Å². The summed E-state index contributed by atoms with van der Waals surface area (Å²) in [4.78, 5) is 50.6. The second kappa shape index (κ2) is 14.5. The number of imide groups is 1. The molecule has 0 bridgehead atoms. The van der Waals surface area contributed by atoms with Crippen LogP contribution in [0.3, 0.4) is 0 Å². The number of hydrogen-bond acceptors (Lipinski definition) is 10. The Bertz CT molecular complexity index is 2060. The summed E-state index contributed by atoms with van der Waals surface area (Å²) in [6, 6.07) is 22.5. The van der Waals surface area contributed by atoms with Gasteiger partial charge in [-0.1, -0.05) is 24.3 Å². The van der Waals surface area contributed by atoms with E-state index in [9.17, 15) is 14.4 Å². The molecule has 2 atom stereocenters. The number of allylic oxidation sites excluding steroid dienone is 1. The zero-order valence-electron chi connectivity index (χ0n) is 29.0. The molecule has 1 aromatic heterocycles. The van der Waals surface area contributed by atoms with Crippen LogP contribution < -0.4 is 26.2 Å². The summed E-state index contributed by atoms with van der Waals surface area (Å²) in [6.45, 7) is 2.18. The number of benzene rings is 3. The topological polar surface area (TPSA) is 155 Å². The summed E-state index contributed by atoms with van der Waals surface area (Å²) >= 11 is 0. The van der Waals surface area contributed by atoms with Gasteiger partial charge in [-0.3, -0.25) is 24.7 Å². The molecule has 3 amide bonds. The molecule has 1 aliphatic carbocycles. The van der Waals surface area contributed by atoms with E-state index in [-0.39, 0.29) is 30.2 Å². The number of carbonyl (C=O) groups excluding carboxylic acids is 3. The van der Waals surface area contributed by atoms with Gasteiger partial charge in [-0.15, -0.1) is 0 Å². The smallest absolute Gasteiger partial charge is 0.255 e. The average Bonchev–Trinajstić information content (AvgIpc) is 3.78. The highest BCUT2D eigenvalue weighted by Gasteiger charge is 2.40. The number of nitrogens with zero attached hydrogens (tertiary/aromatic N) is 4. The zero-order chi connectivity index (χ0) is 35.6. The fraction of sp³-hybridized carbons (Fsp3) is 0.350. The fourth-order valence-electron chi connectivity index (χ4n) is 7.98. The minimum Gasteiger partial charge on any atom is -0.386 e. The Labute approximate surface area is 302 Å². The first-order chi connectivity index (χ1) is 25.4. The first-order valence-corrected chi connectivity index (χ1v) is 18.3. The number of para-hydroxylation sites is 2. The lowest BCUT2D eigenvalue weighted by Gasteiger charge is -2.32. The molecule has 4 aromatic rings. The molecule has 2 unspecified atom stereocenters. The Kier molecular flexibility index (Phi) is 9.27. The third-order valence-electron chi connectivity index (χ3n) is 10.8. The van der Waals surface area contributed by atoms with Crippen LogP contribution in [0, 0.1) is 5.41 Å². The lowest BCUT2D eigenvalue weighted by molar-refractivity contribution is -0.136. The third kappa shape index (κ3) is 6.92. The lowest BCUT2D eigenvalue weighted by Crippen LogP contribution is -2.52. The molecule has 4 aliphatic rings. The van der Waals surface area contributed by atoms with Gasteiger partial charge < -0.3 is 31.2 Å². The van der Waals surface area contributed by atoms with Crippen molar-refractivity contribution in [3.05, 3.63) is 95.9 Å². The zero-order valence-corrected chi connectivity index (χ0v) is 29.0. The van der Waals surface area contributed by atoms with E-state index in [1.165, 1.54) is 11.9 Å². The van der Waals surface area contributed by atoms with Crippen LogP contribution in [0.5, 0.6) is 0 Å². The summed E-state index contributed by atoms with van der Waals surface area (Å²) in [5, 5.41) is 21.4. The number of carbonyl (C=O) groups is 3. The van der Waals surface area contributed by atoms with Crippen LogP contribution >= 0.6 is 0 Å². The van der Waals surface area contributed by atoms with E-state index in [0.29, 0.717) is 41.9 Å². The van der Waals surface area contributed by atoms with Crippen molar-refractivity contribution in [2.75, 3.05) is 28.6 Å². The number of anilines is 3. The van der Waals surface area contributed by atoms with Gasteiger partial charge in [-0.25, -0.2) is 4.98 Å². The first-order valence-electron chi connectivity index (χ1n) is 18.3. The minimum absolute atomic E-state index is 0.148. The van der Waals surface area contributed by atoms with Gasteiger partial charge in [0, 0.05) is 90.4 Å². The Hall–Kier alpha value is -5.78. The molecule has 1 saturated carbocycles. The van der Waals surface area contributed by atoms with E-state index >= 15 is 0 Å². The number of nitrogens with one attached hydrogen (secondary N) is 5. The van der Waals surface area contributed by atoms with Crippen molar-refractivity contribution in [2.45, 2.75) is 75.7 Å². The van der Waals surface area contributed by atoms with Crippen LogP contribution in [0.4, 0.5) is 17.1 Å². The largest absolute Gasteiger partial charge is 0.386 e. The Morgan fingerprint density at radius 1 is 0.865 bits per heavy atom. The van der Waals surface area contributed by atoms with E-state index < -0.39 is 6.04 Å². The number of fused-ring (bicyclic) bond motifs is 2. The Balaban J connectivity index is 0.832. The normalized spacial score (nSPS) is 23.4. The van der Waals surface area contributed by atoms with Crippen LogP contribution in [-0.2, 0) is 16.1 Å². The first kappa shape index (κ1) is 33.4. The summed E-state index contributed by atoms with van der Waals surface area (Å²) in [6.07, 6.45) is 10.6. The molecular weight excluding hydrogens is 654 g/mol. The molecule has 3 fully saturated rings. The molecule has 266 valence electrons. The molecular formula is C40H43N9O3. The highest BCUT2D eigenvalue weighted by molar-refractivity contribution is 6.08. The lowest BCUT2D eigenvalue weighted by atomic mass is 9.90. The quantitative estimate of drug-likeness (QED) is 0.113. The molecule has 12 heteroatoms. The molecule has 3 aromatic carbocycles. The fourth-order valence-corrected chi connectivity index (χ4v) is 7.98. The number of amides is 3. The molecule has 12 nitrogen and oxygen atoms in total. The van der Waals surface area contributed by atoms with Crippen LogP contribution in [0.1, 0.15) is 66.6 Å². The SMILES string of the molecule is N=C/C(=C\NC1CCN(c2cccc(NC3CCC(Nc4cccc5c4CN(C4CCC(=O)NC4=O)C5=O)CC3)c2)C1)c1cnc2ccccc2n1. The van der Waals surface area contributed by atoms with E-state index in [0.717, 1.165) is 73.2 Å². The third-order valence-corrected chi connectivity index (χ3v) is 10.8. The van der Waals surface area contributed by atoms with Crippen molar-refractivity contribution in [1.29, 1.82) is 5.41 Å². The van der Waals surface area contributed by atoms with E-state index in [2.05, 4.69) is 55.4 Å². The maximum absolute atomic E-state index is 13.3. The molecule has 8 rings (SSSR count).